The van der Waals surface area contributed by atoms with Crippen LogP contribution < -0.4 is 66.9 Å². The maximum absolute atomic E-state index is 13.0. The molecule has 1 aromatic heterocycles. The van der Waals surface area contributed by atoms with E-state index < -0.39 is 31.6 Å². The second-order valence-electron chi connectivity index (χ2n) is 7.12. The van der Waals surface area contributed by atoms with Crippen molar-refractivity contribution in [2.45, 2.75) is 45.7 Å². The van der Waals surface area contributed by atoms with Crippen molar-refractivity contribution in [2.75, 3.05) is 13.7 Å². The van der Waals surface area contributed by atoms with Crippen LogP contribution in [0.5, 0.6) is 0 Å². The minimum atomic E-state index is -4.16. The molecule has 2 aromatic rings. The third kappa shape index (κ3) is 8.06. The number of carbonyl (C=O) groups excluding carboxylic acids is 1. The van der Waals surface area contributed by atoms with Crippen molar-refractivity contribution in [1.29, 1.82) is 0 Å². The Morgan fingerprint density at radius 1 is 1.35 bits per heavy atom. The minimum absolute atomic E-state index is 0. The van der Waals surface area contributed by atoms with E-state index in [9.17, 15) is 19.4 Å². The molecule has 4 atom stereocenters. The van der Waals surface area contributed by atoms with E-state index >= 15 is 0 Å². The van der Waals surface area contributed by atoms with Crippen molar-refractivity contribution in [3.63, 3.8) is 0 Å². The number of aromatic nitrogens is 1. The van der Waals surface area contributed by atoms with Crippen LogP contribution >= 0.6 is 7.75 Å². The van der Waals surface area contributed by atoms with Gasteiger partial charge in [-0.05, 0) is 36.8 Å². The molecule has 0 bridgehead atoms. The molecule has 31 heavy (non-hydrogen) atoms. The molecule has 0 spiro atoms. The van der Waals surface area contributed by atoms with E-state index in [-0.39, 0.29) is 70.3 Å². The molecular weight excluding hydrogens is 446 g/mol. The molecule has 9 nitrogen and oxygen atoms in total. The Bertz CT molecular complexity index is 935. The summed E-state index contributed by atoms with van der Waals surface area (Å²) in [7, 11) is -2.78. The summed E-state index contributed by atoms with van der Waals surface area (Å²) >= 11 is 0. The van der Waals surface area contributed by atoms with Crippen LogP contribution in [-0.2, 0) is 20.3 Å². The third-order valence-corrected chi connectivity index (χ3v) is 6.25. The van der Waals surface area contributed by atoms with Gasteiger partial charge in [-0.15, -0.1) is 0 Å². The van der Waals surface area contributed by atoms with E-state index in [1.807, 2.05) is 31.2 Å². The van der Waals surface area contributed by atoms with Crippen molar-refractivity contribution in [1.82, 2.24) is 15.4 Å². The van der Waals surface area contributed by atoms with Gasteiger partial charge in [0.2, 0.25) is 5.91 Å². The Morgan fingerprint density at radius 2 is 2.03 bits per heavy atom. The summed E-state index contributed by atoms with van der Waals surface area (Å²) in [6.45, 7) is 5.25. The van der Waals surface area contributed by atoms with Gasteiger partial charge in [-0.1, -0.05) is 38.5 Å². The van der Waals surface area contributed by atoms with Crippen LogP contribution in [0.25, 0.3) is 10.9 Å². The molecule has 0 saturated heterocycles. The molecule has 1 aromatic carbocycles. The number of H-pyrrole nitrogens is 1. The first-order chi connectivity index (χ1) is 14.2. The summed E-state index contributed by atoms with van der Waals surface area (Å²) in [5, 5.41) is 18.5. The fraction of sp³-hybridized carbons (Fsp3) is 0.500. The van der Waals surface area contributed by atoms with Gasteiger partial charge in [0.05, 0.1) is 18.7 Å². The molecule has 11 heteroatoms. The molecule has 0 saturated carbocycles. The Morgan fingerprint density at radius 3 is 2.65 bits per heavy atom. The number of fused-ring (bicyclic) bond motifs is 1. The predicted octanol–water partition coefficient (Wildman–Crippen LogP) is -1.27. The van der Waals surface area contributed by atoms with Crippen LogP contribution in [0.3, 0.4) is 0 Å². The first-order valence-electron chi connectivity index (χ1n) is 9.96. The van der Waals surface area contributed by atoms with Crippen LogP contribution in [0, 0.1) is 5.92 Å². The molecular formula is C20H30KN4O5P. The first kappa shape index (κ1) is 28.5. The maximum atomic E-state index is 13.0. The number of hydrogen-bond acceptors (Lipinski definition) is 5. The van der Waals surface area contributed by atoms with E-state index in [0.29, 0.717) is 6.42 Å². The second kappa shape index (κ2) is 13.2. The number of nitrogens with zero attached hydrogens (tertiary/aromatic N) is 1. The summed E-state index contributed by atoms with van der Waals surface area (Å²) in [5.41, 5.74) is 1.79. The topological polar surface area (TPSA) is 139 Å². The number of aliphatic imine (C=N–C) groups is 1. The number of benzene rings is 1. The molecule has 1 heterocycles. The molecule has 2 rings (SSSR count). The van der Waals surface area contributed by atoms with E-state index in [0.717, 1.165) is 16.5 Å². The predicted molar refractivity (Wildman–Crippen MR) is 115 cm³/mol. The van der Waals surface area contributed by atoms with Gasteiger partial charge in [-0.3, -0.25) is 9.32 Å². The van der Waals surface area contributed by atoms with Crippen LogP contribution in [0.1, 0.15) is 32.8 Å². The summed E-state index contributed by atoms with van der Waals surface area (Å²) in [6, 6.07) is 5.75. The Hall–Kier alpha value is -0.554. The average molecular weight is 477 g/mol. The zero-order chi connectivity index (χ0) is 22.3. The summed E-state index contributed by atoms with van der Waals surface area (Å²) in [4.78, 5) is 29.8. The van der Waals surface area contributed by atoms with Gasteiger partial charge in [-0.2, -0.15) is 0 Å². The van der Waals surface area contributed by atoms with Gasteiger partial charge >= 0.3 is 59.1 Å². The van der Waals surface area contributed by atoms with Gasteiger partial charge in [0.15, 0.2) is 0 Å². The fourth-order valence-electron chi connectivity index (χ4n) is 3.21. The average Bonchev–Trinajstić information content (AvgIpc) is 3.13. The fourth-order valence-corrected chi connectivity index (χ4v) is 4.35. The van der Waals surface area contributed by atoms with Gasteiger partial charge in [0.1, 0.15) is 0 Å². The number of amides is 1. The van der Waals surface area contributed by atoms with E-state index in [2.05, 4.69) is 20.4 Å². The third-order valence-electron chi connectivity index (χ3n) is 5.04. The quantitative estimate of drug-likeness (QED) is 0.138. The number of hydrogen-bond donors (Lipinski definition) is 4. The molecule has 0 aliphatic heterocycles. The van der Waals surface area contributed by atoms with E-state index in [1.54, 1.807) is 20.0 Å². The minimum Gasteiger partial charge on any atom is -0.861 e. The molecule has 0 aliphatic carbocycles. The SMILES string of the molecule is CCOP(=O)(O)N[C@H](C(=O)N[C@@H](Cc1c[nH]c2ccccc12)C([O-])=NC)[C@@H](C)CC.[K+]. The van der Waals surface area contributed by atoms with Gasteiger partial charge in [0.25, 0.3) is 0 Å². The van der Waals surface area contributed by atoms with Gasteiger partial charge in [-0.25, -0.2) is 9.65 Å². The van der Waals surface area contributed by atoms with Crippen molar-refractivity contribution < 1.29 is 75.3 Å². The van der Waals surface area contributed by atoms with Gasteiger partial charge in [0, 0.05) is 24.1 Å². The largest absolute Gasteiger partial charge is 1.00 e. The van der Waals surface area contributed by atoms with E-state index in [4.69, 9.17) is 4.52 Å². The maximum Gasteiger partial charge on any atom is 1.00 e. The summed E-state index contributed by atoms with van der Waals surface area (Å²) < 4.78 is 17.0. The van der Waals surface area contributed by atoms with Crippen LogP contribution in [-0.4, -0.2) is 47.4 Å². The molecule has 4 N–H and O–H groups in total. The van der Waals surface area contributed by atoms with Crippen molar-refractivity contribution in [3.05, 3.63) is 36.0 Å². The standard InChI is InChI=1S/C20H31N4O5P.K/c1-5-13(3)18(24-30(27,28)29-6-2)20(26)23-17(19(25)21-4)11-14-12-22-16-10-8-7-9-15(14)16;/h7-10,12-13,17-18,22H,5-6,11H2,1-4H3,(H,21,25)(H,23,26)(H2,24,27,28);/q;+1/p-1/t13-,17-,18-;/m0./s1. The smallest absolute Gasteiger partial charge is 0.861 e. The normalized spacial score (nSPS) is 16.7. The number of nitrogens with one attached hydrogen (secondary N) is 3. The Balaban J connectivity index is 0.00000480. The molecule has 1 amide bonds. The summed E-state index contributed by atoms with van der Waals surface area (Å²) in [6.07, 6.45) is 2.62. The number of rotatable bonds is 11. The number of aromatic amines is 1. The number of carbonyl (C=O) groups is 1. The molecule has 166 valence electrons. The second-order valence-corrected chi connectivity index (χ2v) is 8.67. The zero-order valence-electron chi connectivity index (χ0n) is 18.7. The van der Waals surface area contributed by atoms with Crippen LogP contribution in [0.15, 0.2) is 35.5 Å². The molecule has 0 fully saturated rings. The Kier molecular flexibility index (Phi) is 12.1. The first-order valence-corrected chi connectivity index (χ1v) is 11.5. The van der Waals surface area contributed by atoms with E-state index in [1.165, 1.54) is 7.05 Å². The van der Waals surface area contributed by atoms with Crippen molar-refractivity contribution in [2.24, 2.45) is 10.9 Å². The van der Waals surface area contributed by atoms with Crippen LogP contribution in [0.4, 0.5) is 0 Å². The summed E-state index contributed by atoms with van der Waals surface area (Å²) in [5.74, 6) is -1.30. The molecule has 0 aliphatic rings. The van der Waals surface area contributed by atoms with Crippen LogP contribution in [0.2, 0.25) is 0 Å². The molecule has 1 unspecified atom stereocenters. The molecule has 0 radical (unpaired) electrons. The zero-order valence-corrected chi connectivity index (χ0v) is 22.7. The van der Waals surface area contributed by atoms with Crippen molar-refractivity contribution in [3.8, 4) is 0 Å². The van der Waals surface area contributed by atoms with Crippen molar-refractivity contribution >= 4 is 30.5 Å². The van der Waals surface area contributed by atoms with Gasteiger partial charge < -0.3 is 25.3 Å². The number of para-hydroxylation sites is 1. The Labute approximate surface area is 225 Å². The monoisotopic (exact) mass is 476 g/mol.